The van der Waals surface area contributed by atoms with Crippen molar-refractivity contribution in [2.75, 3.05) is 0 Å². The number of aromatic nitrogens is 1. The van der Waals surface area contributed by atoms with Crippen molar-refractivity contribution in [3.63, 3.8) is 0 Å². The van der Waals surface area contributed by atoms with Crippen LogP contribution in [0.2, 0.25) is 5.15 Å². The van der Waals surface area contributed by atoms with Crippen LogP contribution in [0.4, 0.5) is 0 Å². The SMILES string of the molecule is O=C(O)c1c(Cl)noc1Cc1ccco1. The second-order valence-electron chi connectivity index (χ2n) is 2.83. The van der Waals surface area contributed by atoms with Gasteiger partial charge < -0.3 is 14.0 Å². The van der Waals surface area contributed by atoms with Crippen molar-refractivity contribution in [1.29, 1.82) is 0 Å². The van der Waals surface area contributed by atoms with Gasteiger partial charge in [0.05, 0.1) is 12.7 Å². The molecule has 6 heteroatoms. The summed E-state index contributed by atoms with van der Waals surface area (Å²) in [6.45, 7) is 0. The van der Waals surface area contributed by atoms with Crippen molar-refractivity contribution >= 4 is 17.6 Å². The van der Waals surface area contributed by atoms with Crippen molar-refractivity contribution in [2.45, 2.75) is 6.42 Å². The van der Waals surface area contributed by atoms with Crippen LogP contribution in [0.5, 0.6) is 0 Å². The summed E-state index contributed by atoms with van der Waals surface area (Å²) in [5, 5.41) is 12.1. The van der Waals surface area contributed by atoms with Crippen molar-refractivity contribution < 1.29 is 18.8 Å². The van der Waals surface area contributed by atoms with Gasteiger partial charge in [-0.1, -0.05) is 16.8 Å². The van der Waals surface area contributed by atoms with E-state index in [4.69, 9.17) is 25.6 Å². The van der Waals surface area contributed by atoms with Gasteiger partial charge in [-0.3, -0.25) is 0 Å². The van der Waals surface area contributed by atoms with Gasteiger partial charge in [-0.2, -0.15) is 0 Å². The summed E-state index contributed by atoms with van der Waals surface area (Å²) in [5.41, 5.74) is -0.118. The molecule has 2 heterocycles. The maximum absolute atomic E-state index is 10.8. The van der Waals surface area contributed by atoms with Gasteiger partial charge in [-0.25, -0.2) is 4.79 Å². The molecule has 5 nitrogen and oxygen atoms in total. The first-order chi connectivity index (χ1) is 7.18. The first-order valence-corrected chi connectivity index (χ1v) is 4.46. The van der Waals surface area contributed by atoms with Gasteiger partial charge >= 0.3 is 5.97 Å². The van der Waals surface area contributed by atoms with Crippen molar-refractivity contribution in [2.24, 2.45) is 0 Å². The minimum Gasteiger partial charge on any atom is -0.477 e. The van der Waals surface area contributed by atoms with Crippen LogP contribution in [0, 0.1) is 0 Å². The Labute approximate surface area is 89.2 Å². The van der Waals surface area contributed by atoms with Crippen LogP contribution in [0.1, 0.15) is 21.9 Å². The number of carbonyl (C=O) groups is 1. The number of nitrogens with zero attached hydrogens (tertiary/aromatic N) is 1. The van der Waals surface area contributed by atoms with E-state index in [2.05, 4.69) is 5.16 Å². The van der Waals surface area contributed by atoms with Gasteiger partial charge in [0.2, 0.25) is 0 Å². The van der Waals surface area contributed by atoms with Gasteiger partial charge in [0.1, 0.15) is 11.3 Å². The predicted molar refractivity (Wildman–Crippen MR) is 50.0 cm³/mol. The van der Waals surface area contributed by atoms with Crippen LogP contribution in [-0.4, -0.2) is 16.2 Å². The number of hydrogen-bond acceptors (Lipinski definition) is 4. The molecule has 0 saturated carbocycles. The Bertz CT molecular complexity index is 474. The molecule has 78 valence electrons. The van der Waals surface area contributed by atoms with Crippen LogP contribution in [-0.2, 0) is 6.42 Å². The molecule has 0 radical (unpaired) electrons. The fourth-order valence-corrected chi connectivity index (χ4v) is 1.42. The van der Waals surface area contributed by atoms with Crippen molar-refractivity contribution in [1.82, 2.24) is 5.16 Å². The molecule has 2 aromatic rings. The third-order valence-corrected chi connectivity index (χ3v) is 2.11. The Morgan fingerprint density at radius 3 is 3.00 bits per heavy atom. The molecule has 0 bridgehead atoms. The minimum absolute atomic E-state index is 0.118. The second kappa shape index (κ2) is 3.78. The Morgan fingerprint density at radius 2 is 2.40 bits per heavy atom. The molecule has 2 rings (SSSR count). The maximum atomic E-state index is 10.8. The summed E-state index contributed by atoms with van der Waals surface area (Å²) < 4.78 is 9.86. The molecule has 2 aromatic heterocycles. The Balaban J connectivity index is 2.33. The molecule has 0 fully saturated rings. The molecule has 0 unspecified atom stereocenters. The highest BCUT2D eigenvalue weighted by molar-refractivity contribution is 6.32. The number of carboxylic acids is 1. The van der Waals surface area contributed by atoms with E-state index in [0.717, 1.165) is 0 Å². The zero-order valence-corrected chi connectivity index (χ0v) is 8.19. The smallest absolute Gasteiger partial charge is 0.342 e. The molecule has 0 spiro atoms. The molecule has 0 saturated heterocycles. The van der Waals surface area contributed by atoms with Crippen LogP contribution in [0.25, 0.3) is 0 Å². The molecule has 15 heavy (non-hydrogen) atoms. The van der Waals surface area contributed by atoms with E-state index in [1.165, 1.54) is 6.26 Å². The molecule has 0 aromatic carbocycles. The van der Waals surface area contributed by atoms with E-state index >= 15 is 0 Å². The number of carboxylic acid groups (broad SMARTS) is 1. The summed E-state index contributed by atoms with van der Waals surface area (Å²) in [5.74, 6) is -0.393. The maximum Gasteiger partial charge on any atom is 0.342 e. The topological polar surface area (TPSA) is 76.5 Å². The van der Waals surface area contributed by atoms with Gasteiger partial charge in [-0.05, 0) is 12.1 Å². The monoisotopic (exact) mass is 227 g/mol. The van der Waals surface area contributed by atoms with Crippen molar-refractivity contribution in [3.05, 3.63) is 40.6 Å². The zero-order valence-electron chi connectivity index (χ0n) is 7.44. The molecule has 0 atom stereocenters. The standard InChI is InChI=1S/C9H6ClNO4/c10-8-7(9(12)13)6(15-11-8)4-5-2-1-3-14-5/h1-3H,4H2,(H,12,13). The average Bonchev–Trinajstić information content (AvgIpc) is 2.76. The summed E-state index contributed by atoms with van der Waals surface area (Å²) in [4.78, 5) is 10.8. The van der Waals surface area contributed by atoms with E-state index in [1.54, 1.807) is 12.1 Å². The highest BCUT2D eigenvalue weighted by atomic mass is 35.5. The Hall–Kier alpha value is -1.75. The summed E-state index contributed by atoms with van der Waals surface area (Å²) >= 11 is 5.56. The Morgan fingerprint density at radius 1 is 1.60 bits per heavy atom. The molecule has 1 N–H and O–H groups in total. The number of hydrogen-bond donors (Lipinski definition) is 1. The Kier molecular flexibility index (Phi) is 2.47. The molecule has 0 aliphatic rings. The zero-order chi connectivity index (χ0) is 10.8. The summed E-state index contributed by atoms with van der Waals surface area (Å²) in [6, 6.07) is 3.41. The lowest BCUT2D eigenvalue weighted by atomic mass is 10.2. The van der Waals surface area contributed by atoms with E-state index in [-0.39, 0.29) is 22.9 Å². The third-order valence-electron chi connectivity index (χ3n) is 1.85. The molecule has 0 amide bonds. The van der Waals surface area contributed by atoms with Gasteiger partial charge in [-0.15, -0.1) is 0 Å². The fourth-order valence-electron chi connectivity index (χ4n) is 1.20. The lowest BCUT2D eigenvalue weighted by Gasteiger charge is -1.93. The number of halogens is 1. The second-order valence-corrected chi connectivity index (χ2v) is 3.19. The quantitative estimate of drug-likeness (QED) is 0.870. The molecular weight excluding hydrogens is 222 g/mol. The summed E-state index contributed by atoms with van der Waals surface area (Å²) in [7, 11) is 0. The first kappa shape index (κ1) is 9.79. The molecule has 0 aliphatic carbocycles. The highest BCUT2D eigenvalue weighted by Gasteiger charge is 2.21. The van der Waals surface area contributed by atoms with Gasteiger partial charge in [0.25, 0.3) is 0 Å². The third kappa shape index (κ3) is 1.87. The number of rotatable bonds is 3. The van der Waals surface area contributed by atoms with E-state index in [0.29, 0.717) is 5.76 Å². The van der Waals surface area contributed by atoms with E-state index < -0.39 is 5.97 Å². The lowest BCUT2D eigenvalue weighted by Crippen LogP contribution is -2.00. The van der Waals surface area contributed by atoms with Gasteiger partial charge in [0, 0.05) is 0 Å². The first-order valence-electron chi connectivity index (χ1n) is 4.08. The van der Waals surface area contributed by atoms with Crippen LogP contribution < -0.4 is 0 Å². The molecule has 0 aliphatic heterocycles. The largest absolute Gasteiger partial charge is 0.477 e. The fraction of sp³-hybridized carbons (Fsp3) is 0.111. The normalized spacial score (nSPS) is 10.5. The number of aromatic carboxylic acids is 1. The average molecular weight is 228 g/mol. The van der Waals surface area contributed by atoms with E-state index in [1.807, 2.05) is 0 Å². The van der Waals surface area contributed by atoms with Crippen molar-refractivity contribution in [3.8, 4) is 0 Å². The van der Waals surface area contributed by atoms with Crippen LogP contribution >= 0.6 is 11.6 Å². The van der Waals surface area contributed by atoms with Gasteiger partial charge in [0.15, 0.2) is 10.9 Å². The van der Waals surface area contributed by atoms with E-state index in [9.17, 15) is 4.79 Å². The lowest BCUT2D eigenvalue weighted by molar-refractivity contribution is 0.0695. The van der Waals surface area contributed by atoms with Crippen LogP contribution in [0.3, 0.4) is 0 Å². The number of furan rings is 1. The summed E-state index contributed by atoms with van der Waals surface area (Å²) in [6.07, 6.45) is 1.71. The highest BCUT2D eigenvalue weighted by Crippen LogP contribution is 2.21. The predicted octanol–water partition coefficient (Wildman–Crippen LogP) is 2.21. The minimum atomic E-state index is -1.16. The van der Waals surface area contributed by atoms with Crippen LogP contribution in [0.15, 0.2) is 27.3 Å². The molecular formula is C9H6ClNO4.